The Labute approximate surface area is 197 Å². The monoisotopic (exact) mass is 481 g/mol. The summed E-state index contributed by atoms with van der Waals surface area (Å²) in [6, 6.07) is 17.5. The van der Waals surface area contributed by atoms with Gasteiger partial charge in [0.2, 0.25) is 0 Å². The van der Waals surface area contributed by atoms with E-state index in [9.17, 15) is 18.0 Å². The van der Waals surface area contributed by atoms with E-state index in [-0.39, 0.29) is 16.2 Å². The van der Waals surface area contributed by atoms with Crippen molar-refractivity contribution in [1.29, 1.82) is 0 Å². The minimum absolute atomic E-state index is 0.0727. The number of carbonyl (C=O) groups is 2. The van der Waals surface area contributed by atoms with Crippen molar-refractivity contribution in [2.24, 2.45) is 5.10 Å². The number of carboxylic acid groups (broad SMARTS) is 1. The second-order valence-corrected chi connectivity index (χ2v) is 9.05. The number of carbonyl (C=O) groups excluding carboxylic acids is 1. The SMILES string of the molecule is Cc1ccc(NS(=O)(=O)c2cccc(C(=O)N/N=C/c3ccccc3OCC(=O)O)c2)c(C)c1. The van der Waals surface area contributed by atoms with Crippen molar-refractivity contribution in [3.05, 3.63) is 89.0 Å². The summed E-state index contributed by atoms with van der Waals surface area (Å²) in [6.45, 7) is 3.20. The number of carboxylic acids is 1. The molecule has 0 aliphatic heterocycles. The first-order valence-corrected chi connectivity index (χ1v) is 11.6. The molecule has 3 aromatic rings. The number of nitrogens with zero attached hydrogens (tertiary/aromatic N) is 1. The molecule has 3 N–H and O–H groups in total. The number of benzene rings is 3. The molecule has 3 rings (SSSR count). The number of rotatable bonds is 9. The molecule has 0 bridgehead atoms. The van der Waals surface area contributed by atoms with Crippen molar-refractivity contribution in [3.8, 4) is 5.75 Å². The molecule has 176 valence electrons. The third kappa shape index (κ3) is 6.42. The number of hydrazone groups is 1. The Morgan fingerprint density at radius 3 is 2.53 bits per heavy atom. The van der Waals surface area contributed by atoms with Crippen LogP contribution < -0.4 is 14.9 Å². The highest BCUT2D eigenvalue weighted by Gasteiger charge is 2.17. The van der Waals surface area contributed by atoms with Gasteiger partial charge in [-0.25, -0.2) is 18.6 Å². The van der Waals surface area contributed by atoms with Crippen molar-refractivity contribution in [1.82, 2.24) is 5.43 Å². The molecule has 0 atom stereocenters. The minimum atomic E-state index is -3.92. The van der Waals surface area contributed by atoms with Crippen LogP contribution in [0.5, 0.6) is 5.75 Å². The summed E-state index contributed by atoms with van der Waals surface area (Å²) in [6.07, 6.45) is 1.30. The summed E-state index contributed by atoms with van der Waals surface area (Å²) in [4.78, 5) is 23.2. The molecule has 0 heterocycles. The Kier molecular flexibility index (Phi) is 7.64. The Morgan fingerprint density at radius 2 is 1.79 bits per heavy atom. The van der Waals surface area contributed by atoms with Crippen LogP contribution in [0.25, 0.3) is 0 Å². The highest BCUT2D eigenvalue weighted by atomic mass is 32.2. The number of nitrogens with one attached hydrogen (secondary N) is 2. The van der Waals surface area contributed by atoms with Crippen LogP contribution in [-0.2, 0) is 14.8 Å². The van der Waals surface area contributed by atoms with E-state index in [1.54, 1.807) is 43.3 Å². The number of aryl methyl sites for hydroxylation is 2. The van der Waals surface area contributed by atoms with E-state index in [4.69, 9.17) is 9.84 Å². The van der Waals surface area contributed by atoms with Gasteiger partial charge in [-0.3, -0.25) is 9.52 Å². The molecule has 0 unspecified atom stereocenters. The van der Waals surface area contributed by atoms with Gasteiger partial charge in [0.25, 0.3) is 15.9 Å². The van der Waals surface area contributed by atoms with Crippen molar-refractivity contribution in [3.63, 3.8) is 0 Å². The third-order valence-corrected chi connectivity index (χ3v) is 6.04. The molecule has 3 aromatic carbocycles. The number of para-hydroxylation sites is 1. The molecule has 34 heavy (non-hydrogen) atoms. The van der Waals surface area contributed by atoms with Crippen LogP contribution in [0.1, 0.15) is 27.0 Å². The zero-order chi connectivity index (χ0) is 24.7. The van der Waals surface area contributed by atoms with Crippen LogP contribution in [0.4, 0.5) is 5.69 Å². The molecule has 0 fully saturated rings. The average molecular weight is 482 g/mol. The fraction of sp³-hybridized carbons (Fsp3) is 0.125. The van der Waals surface area contributed by atoms with Gasteiger partial charge in [0, 0.05) is 11.1 Å². The van der Waals surface area contributed by atoms with E-state index in [2.05, 4.69) is 15.2 Å². The molecule has 0 aliphatic rings. The van der Waals surface area contributed by atoms with E-state index in [0.717, 1.165) is 11.1 Å². The Balaban J connectivity index is 1.72. The lowest BCUT2D eigenvalue weighted by atomic mass is 10.1. The number of hydrogen-bond donors (Lipinski definition) is 3. The second kappa shape index (κ2) is 10.6. The van der Waals surface area contributed by atoms with Crippen molar-refractivity contribution < 1.29 is 27.9 Å². The quantitative estimate of drug-likeness (QED) is 0.317. The molecule has 10 heteroatoms. The Hall–Kier alpha value is -4.18. The van der Waals surface area contributed by atoms with Gasteiger partial charge in [-0.1, -0.05) is 35.9 Å². The zero-order valence-corrected chi connectivity index (χ0v) is 19.3. The lowest BCUT2D eigenvalue weighted by Gasteiger charge is -2.12. The zero-order valence-electron chi connectivity index (χ0n) is 18.5. The molecule has 0 saturated heterocycles. The van der Waals surface area contributed by atoms with Gasteiger partial charge >= 0.3 is 5.97 Å². The maximum Gasteiger partial charge on any atom is 0.341 e. The van der Waals surface area contributed by atoms with Crippen LogP contribution in [0, 0.1) is 13.8 Å². The Morgan fingerprint density at radius 1 is 1.03 bits per heavy atom. The smallest absolute Gasteiger partial charge is 0.341 e. The number of sulfonamides is 1. The maximum atomic E-state index is 12.8. The molecule has 0 saturated carbocycles. The number of aliphatic carboxylic acids is 1. The maximum absolute atomic E-state index is 12.8. The Bertz CT molecular complexity index is 1350. The van der Waals surface area contributed by atoms with Crippen LogP contribution in [-0.4, -0.2) is 38.2 Å². The van der Waals surface area contributed by atoms with Crippen LogP contribution >= 0.6 is 0 Å². The highest BCUT2D eigenvalue weighted by molar-refractivity contribution is 7.92. The summed E-state index contributed by atoms with van der Waals surface area (Å²) in [5.41, 5.74) is 5.12. The van der Waals surface area contributed by atoms with Gasteiger partial charge in [-0.05, 0) is 55.8 Å². The molecule has 0 aromatic heterocycles. The van der Waals surface area contributed by atoms with Crippen LogP contribution in [0.3, 0.4) is 0 Å². The largest absolute Gasteiger partial charge is 0.481 e. The summed E-state index contributed by atoms with van der Waals surface area (Å²) >= 11 is 0. The van der Waals surface area contributed by atoms with E-state index in [1.165, 1.54) is 30.5 Å². The number of amides is 1. The molecule has 0 radical (unpaired) electrons. The topological polar surface area (TPSA) is 134 Å². The summed E-state index contributed by atoms with van der Waals surface area (Å²) < 4.78 is 33.4. The van der Waals surface area contributed by atoms with E-state index in [0.29, 0.717) is 11.3 Å². The van der Waals surface area contributed by atoms with Crippen molar-refractivity contribution in [2.45, 2.75) is 18.7 Å². The first-order valence-electron chi connectivity index (χ1n) is 10.1. The van der Waals surface area contributed by atoms with Gasteiger partial charge in [0.05, 0.1) is 16.8 Å². The molecule has 0 spiro atoms. The van der Waals surface area contributed by atoms with Gasteiger partial charge in [0.1, 0.15) is 5.75 Å². The molecule has 0 aliphatic carbocycles. The first kappa shape index (κ1) is 24.5. The molecule has 9 nitrogen and oxygen atoms in total. The van der Waals surface area contributed by atoms with E-state index < -0.39 is 28.5 Å². The van der Waals surface area contributed by atoms with E-state index >= 15 is 0 Å². The van der Waals surface area contributed by atoms with Crippen LogP contribution in [0.2, 0.25) is 0 Å². The van der Waals surface area contributed by atoms with Crippen molar-refractivity contribution in [2.75, 3.05) is 11.3 Å². The van der Waals surface area contributed by atoms with Gasteiger partial charge in [-0.2, -0.15) is 5.10 Å². The van der Waals surface area contributed by atoms with Gasteiger partial charge < -0.3 is 9.84 Å². The predicted molar refractivity (Wildman–Crippen MR) is 128 cm³/mol. The predicted octanol–water partition coefficient (Wildman–Crippen LogP) is 3.33. The number of anilines is 1. The normalized spacial score (nSPS) is 11.2. The third-order valence-electron chi connectivity index (χ3n) is 4.67. The number of hydrogen-bond acceptors (Lipinski definition) is 6. The second-order valence-electron chi connectivity index (χ2n) is 7.37. The highest BCUT2D eigenvalue weighted by Crippen LogP contribution is 2.21. The first-order chi connectivity index (χ1) is 16.2. The molecular weight excluding hydrogens is 458 g/mol. The van der Waals surface area contributed by atoms with Gasteiger partial charge in [0.15, 0.2) is 6.61 Å². The summed E-state index contributed by atoms with van der Waals surface area (Å²) in [7, 11) is -3.92. The van der Waals surface area contributed by atoms with Crippen LogP contribution in [0.15, 0.2) is 76.7 Å². The standard InChI is InChI=1S/C24H23N3O6S/c1-16-10-11-21(17(2)12-16)27-34(31,32)20-8-5-7-18(13-20)24(30)26-25-14-19-6-3-4-9-22(19)33-15-23(28)29/h3-14,27H,15H2,1-2H3,(H,26,30)(H,28,29)/b25-14+. The fourth-order valence-electron chi connectivity index (χ4n) is 3.02. The average Bonchev–Trinajstić information content (AvgIpc) is 2.80. The van der Waals surface area contributed by atoms with Crippen molar-refractivity contribution >= 4 is 33.8 Å². The summed E-state index contributed by atoms with van der Waals surface area (Å²) in [5.74, 6) is -1.46. The van der Waals surface area contributed by atoms with Gasteiger partial charge in [-0.15, -0.1) is 0 Å². The lowest BCUT2D eigenvalue weighted by molar-refractivity contribution is -0.139. The molecule has 1 amide bonds. The summed E-state index contributed by atoms with van der Waals surface area (Å²) in [5, 5.41) is 12.6. The molecular formula is C24H23N3O6S. The minimum Gasteiger partial charge on any atom is -0.481 e. The van der Waals surface area contributed by atoms with E-state index in [1.807, 2.05) is 13.0 Å². The number of ether oxygens (including phenoxy) is 1. The lowest BCUT2D eigenvalue weighted by Crippen LogP contribution is -2.19. The fourth-order valence-corrected chi connectivity index (χ4v) is 4.20.